The summed E-state index contributed by atoms with van der Waals surface area (Å²) in [6.45, 7) is 4.23. The molecule has 0 amide bonds. The van der Waals surface area contributed by atoms with Gasteiger partial charge in [0.2, 0.25) is 0 Å². The first-order chi connectivity index (χ1) is 5.70. The maximum Gasteiger partial charge on any atom is 0.140 e. The summed E-state index contributed by atoms with van der Waals surface area (Å²) in [6.07, 6.45) is 5.69. The SMILES string of the molecule is CCCCCC(CC)C[SH](=O)=O. The van der Waals surface area contributed by atoms with Crippen LogP contribution >= 0.6 is 0 Å². The molecule has 0 aliphatic heterocycles. The van der Waals surface area contributed by atoms with E-state index < -0.39 is 10.7 Å². The molecule has 0 aliphatic carbocycles. The van der Waals surface area contributed by atoms with Crippen molar-refractivity contribution in [1.29, 1.82) is 0 Å². The van der Waals surface area contributed by atoms with E-state index in [-0.39, 0.29) is 0 Å². The van der Waals surface area contributed by atoms with E-state index in [9.17, 15) is 8.42 Å². The molecular weight excluding hydrogens is 172 g/mol. The van der Waals surface area contributed by atoms with Crippen LogP contribution in [0.15, 0.2) is 0 Å². The van der Waals surface area contributed by atoms with Crippen LogP contribution in [-0.4, -0.2) is 14.2 Å². The van der Waals surface area contributed by atoms with Crippen LogP contribution in [0, 0.1) is 5.92 Å². The van der Waals surface area contributed by atoms with Crippen LogP contribution in [0.2, 0.25) is 0 Å². The van der Waals surface area contributed by atoms with Gasteiger partial charge in [-0.1, -0.05) is 39.5 Å². The molecule has 0 heterocycles. The normalized spacial score (nSPS) is 13.6. The molecule has 0 aromatic carbocycles. The molecule has 0 aromatic rings. The molecule has 3 heteroatoms. The minimum atomic E-state index is -2.17. The van der Waals surface area contributed by atoms with Crippen molar-refractivity contribution in [3.8, 4) is 0 Å². The molecule has 2 nitrogen and oxygen atoms in total. The van der Waals surface area contributed by atoms with Crippen molar-refractivity contribution in [2.45, 2.75) is 46.0 Å². The van der Waals surface area contributed by atoms with E-state index in [0.29, 0.717) is 11.7 Å². The minimum Gasteiger partial charge on any atom is -0.232 e. The van der Waals surface area contributed by atoms with Crippen LogP contribution in [-0.2, 0) is 10.7 Å². The van der Waals surface area contributed by atoms with Crippen LogP contribution < -0.4 is 0 Å². The average molecular weight is 192 g/mol. The van der Waals surface area contributed by atoms with Gasteiger partial charge in [-0.3, -0.25) is 0 Å². The Hall–Kier alpha value is -0.0500. The highest BCUT2D eigenvalue weighted by Crippen LogP contribution is 2.13. The standard InChI is InChI=1S/C9H20O2S/c1-3-5-6-7-9(4-2)8-12(10)11/h9,12H,3-8H2,1-2H3. The minimum absolute atomic E-state index is 0.384. The van der Waals surface area contributed by atoms with Gasteiger partial charge in [-0.05, 0) is 12.3 Å². The van der Waals surface area contributed by atoms with Crippen LogP contribution in [0.1, 0.15) is 46.0 Å². The van der Waals surface area contributed by atoms with Crippen LogP contribution in [0.3, 0.4) is 0 Å². The molecule has 0 radical (unpaired) electrons. The number of thiol groups is 1. The van der Waals surface area contributed by atoms with Gasteiger partial charge in [0.25, 0.3) is 0 Å². The summed E-state index contributed by atoms with van der Waals surface area (Å²) in [7, 11) is -2.17. The third-order valence-electron chi connectivity index (χ3n) is 2.20. The number of hydrogen-bond acceptors (Lipinski definition) is 2. The fourth-order valence-corrected chi connectivity index (χ4v) is 2.18. The Kier molecular flexibility index (Phi) is 7.56. The highest BCUT2D eigenvalue weighted by Gasteiger charge is 2.06. The lowest BCUT2D eigenvalue weighted by Crippen LogP contribution is -2.06. The third-order valence-corrected chi connectivity index (χ3v) is 3.02. The van der Waals surface area contributed by atoms with Gasteiger partial charge in [-0.25, -0.2) is 8.42 Å². The fraction of sp³-hybridized carbons (Fsp3) is 1.00. The molecule has 12 heavy (non-hydrogen) atoms. The topological polar surface area (TPSA) is 34.1 Å². The quantitative estimate of drug-likeness (QED) is 0.495. The van der Waals surface area contributed by atoms with Gasteiger partial charge in [-0.2, -0.15) is 0 Å². The summed E-state index contributed by atoms with van der Waals surface area (Å²) in [4.78, 5) is 0. The van der Waals surface area contributed by atoms with Gasteiger partial charge >= 0.3 is 0 Å². The smallest absolute Gasteiger partial charge is 0.140 e. The summed E-state index contributed by atoms with van der Waals surface area (Å²) in [5, 5.41) is 0. The second kappa shape index (κ2) is 7.59. The maximum atomic E-state index is 10.4. The zero-order chi connectivity index (χ0) is 9.40. The first-order valence-corrected chi connectivity index (χ1v) is 6.18. The van der Waals surface area contributed by atoms with Crippen LogP contribution in [0.4, 0.5) is 0 Å². The highest BCUT2D eigenvalue weighted by molar-refractivity contribution is 7.72. The molecule has 0 aliphatic rings. The molecular formula is C9H20O2S. The Morgan fingerprint density at radius 3 is 2.25 bits per heavy atom. The second-order valence-corrected chi connectivity index (χ2v) is 4.32. The van der Waals surface area contributed by atoms with Gasteiger partial charge in [0.1, 0.15) is 10.7 Å². The number of unbranched alkanes of at least 4 members (excludes halogenated alkanes) is 2. The lowest BCUT2D eigenvalue weighted by molar-refractivity contribution is 0.480. The lowest BCUT2D eigenvalue weighted by Gasteiger charge is -2.09. The summed E-state index contributed by atoms with van der Waals surface area (Å²) >= 11 is 0. The predicted molar refractivity (Wildman–Crippen MR) is 53.1 cm³/mol. The molecule has 0 rings (SSSR count). The van der Waals surface area contributed by atoms with Crippen molar-refractivity contribution in [2.75, 3.05) is 5.75 Å². The Morgan fingerprint density at radius 1 is 1.17 bits per heavy atom. The molecule has 0 N–H and O–H groups in total. The van der Waals surface area contributed by atoms with Crippen LogP contribution in [0.5, 0.6) is 0 Å². The van der Waals surface area contributed by atoms with Gasteiger partial charge < -0.3 is 0 Å². The Morgan fingerprint density at radius 2 is 1.83 bits per heavy atom. The first-order valence-electron chi connectivity index (χ1n) is 4.82. The van der Waals surface area contributed by atoms with E-state index in [1.807, 2.05) is 0 Å². The predicted octanol–water partition coefficient (Wildman–Crippen LogP) is 2.20. The zero-order valence-electron chi connectivity index (χ0n) is 8.08. The summed E-state index contributed by atoms with van der Waals surface area (Å²) in [5.74, 6) is 0.785. The van der Waals surface area contributed by atoms with Crippen molar-refractivity contribution in [3.05, 3.63) is 0 Å². The Labute approximate surface area is 77.3 Å². The third kappa shape index (κ3) is 6.65. The van der Waals surface area contributed by atoms with Gasteiger partial charge in [-0.15, -0.1) is 0 Å². The Bertz CT molecular complexity index is 156. The highest BCUT2D eigenvalue weighted by atomic mass is 32.2. The molecule has 0 aromatic heterocycles. The number of rotatable bonds is 7. The fourth-order valence-electron chi connectivity index (χ4n) is 1.32. The summed E-state index contributed by atoms with van der Waals surface area (Å²) < 4.78 is 20.9. The zero-order valence-corrected chi connectivity index (χ0v) is 8.98. The van der Waals surface area contributed by atoms with Gasteiger partial charge in [0.05, 0.1) is 5.75 Å². The molecule has 74 valence electrons. The molecule has 1 atom stereocenters. The summed E-state index contributed by atoms with van der Waals surface area (Å²) in [5.41, 5.74) is 0. The van der Waals surface area contributed by atoms with E-state index in [0.717, 1.165) is 12.8 Å². The molecule has 0 fully saturated rings. The van der Waals surface area contributed by atoms with E-state index in [4.69, 9.17) is 0 Å². The molecule has 0 spiro atoms. The van der Waals surface area contributed by atoms with Crippen molar-refractivity contribution in [3.63, 3.8) is 0 Å². The van der Waals surface area contributed by atoms with Crippen molar-refractivity contribution in [1.82, 2.24) is 0 Å². The van der Waals surface area contributed by atoms with E-state index in [1.165, 1.54) is 19.3 Å². The molecule has 1 unspecified atom stereocenters. The monoisotopic (exact) mass is 192 g/mol. The first kappa shape index (κ1) is 11.9. The second-order valence-electron chi connectivity index (χ2n) is 3.29. The summed E-state index contributed by atoms with van der Waals surface area (Å²) in [6, 6.07) is 0. The maximum absolute atomic E-state index is 10.4. The van der Waals surface area contributed by atoms with Gasteiger partial charge in [0.15, 0.2) is 0 Å². The van der Waals surface area contributed by atoms with E-state index >= 15 is 0 Å². The van der Waals surface area contributed by atoms with Crippen molar-refractivity contribution in [2.24, 2.45) is 5.92 Å². The van der Waals surface area contributed by atoms with Crippen LogP contribution in [0.25, 0.3) is 0 Å². The molecule has 0 bridgehead atoms. The average Bonchev–Trinajstić information content (AvgIpc) is 2.02. The molecule has 0 saturated heterocycles. The van der Waals surface area contributed by atoms with E-state index in [1.54, 1.807) is 0 Å². The largest absolute Gasteiger partial charge is 0.232 e. The van der Waals surface area contributed by atoms with E-state index in [2.05, 4.69) is 13.8 Å². The lowest BCUT2D eigenvalue weighted by atomic mass is 10.0. The van der Waals surface area contributed by atoms with Crippen molar-refractivity contribution >= 4 is 10.7 Å². The van der Waals surface area contributed by atoms with Crippen molar-refractivity contribution < 1.29 is 8.42 Å². The molecule has 0 saturated carbocycles. The van der Waals surface area contributed by atoms with Gasteiger partial charge in [0, 0.05) is 0 Å². The Balaban J connectivity index is 3.53. The number of hydrogen-bond donors (Lipinski definition) is 1.